The highest BCUT2D eigenvalue weighted by atomic mass is 35.5. The fraction of sp³-hybridized carbons (Fsp3) is 0.391. The summed E-state index contributed by atoms with van der Waals surface area (Å²) in [6, 6.07) is 17.4. The molecule has 160 valence electrons. The Balaban J connectivity index is 1.27. The van der Waals surface area contributed by atoms with Crippen LogP contribution in [0.2, 0.25) is 5.02 Å². The second-order valence-electron chi connectivity index (χ2n) is 7.38. The maximum atomic E-state index is 12.4. The van der Waals surface area contributed by atoms with E-state index in [-0.39, 0.29) is 12.5 Å². The first-order valence-corrected chi connectivity index (χ1v) is 10.7. The smallest absolute Gasteiger partial charge is 0.407 e. The molecule has 1 N–H and O–H groups in total. The summed E-state index contributed by atoms with van der Waals surface area (Å²) in [5, 5.41) is 3.45. The molecule has 3 rings (SSSR count). The molecule has 0 saturated carbocycles. The number of carbonyl (C=O) groups excluding carboxylic acids is 2. The summed E-state index contributed by atoms with van der Waals surface area (Å²) in [4.78, 5) is 28.4. The van der Waals surface area contributed by atoms with Crippen LogP contribution in [0.5, 0.6) is 0 Å². The maximum Gasteiger partial charge on any atom is 0.407 e. The minimum Gasteiger partial charge on any atom is -0.445 e. The van der Waals surface area contributed by atoms with E-state index in [9.17, 15) is 9.59 Å². The Bertz CT molecular complexity index is 823. The van der Waals surface area contributed by atoms with Gasteiger partial charge in [0.2, 0.25) is 5.91 Å². The molecule has 0 radical (unpaired) electrons. The van der Waals surface area contributed by atoms with E-state index in [2.05, 4.69) is 16.3 Å². The molecule has 30 heavy (non-hydrogen) atoms. The predicted molar refractivity (Wildman–Crippen MR) is 117 cm³/mol. The second-order valence-corrected chi connectivity index (χ2v) is 7.82. The zero-order chi connectivity index (χ0) is 21.2. The van der Waals surface area contributed by atoms with E-state index >= 15 is 0 Å². The number of halogens is 1. The predicted octanol–water partition coefficient (Wildman–Crippen LogP) is 3.69. The molecule has 1 heterocycles. The van der Waals surface area contributed by atoms with Crippen molar-refractivity contribution in [3.8, 4) is 0 Å². The molecule has 0 aromatic heterocycles. The van der Waals surface area contributed by atoms with E-state index in [0.717, 1.165) is 43.3 Å². The SMILES string of the molecule is O=C(NCCCC(=O)N1CCN(Cc2cccc(Cl)c2)CC1)OCc1ccccc1. The quantitative estimate of drug-likeness (QED) is 0.650. The van der Waals surface area contributed by atoms with Crippen LogP contribution in [0.15, 0.2) is 54.6 Å². The lowest BCUT2D eigenvalue weighted by Crippen LogP contribution is -2.48. The van der Waals surface area contributed by atoms with Crippen molar-refractivity contribution in [2.75, 3.05) is 32.7 Å². The Kier molecular flexibility index (Phi) is 8.53. The molecular formula is C23H28ClN3O3. The zero-order valence-electron chi connectivity index (χ0n) is 17.1. The van der Waals surface area contributed by atoms with Gasteiger partial charge in [0.25, 0.3) is 0 Å². The van der Waals surface area contributed by atoms with Crippen LogP contribution in [0, 0.1) is 0 Å². The number of alkyl carbamates (subject to hydrolysis) is 1. The van der Waals surface area contributed by atoms with Crippen molar-refractivity contribution in [1.82, 2.24) is 15.1 Å². The van der Waals surface area contributed by atoms with Crippen molar-refractivity contribution in [3.05, 3.63) is 70.7 Å². The molecule has 0 unspecified atom stereocenters. The third-order valence-corrected chi connectivity index (χ3v) is 5.30. The van der Waals surface area contributed by atoms with Crippen LogP contribution >= 0.6 is 11.6 Å². The Morgan fingerprint density at radius 2 is 1.70 bits per heavy atom. The zero-order valence-corrected chi connectivity index (χ0v) is 17.8. The van der Waals surface area contributed by atoms with Crippen LogP contribution in [-0.2, 0) is 22.7 Å². The summed E-state index contributed by atoms with van der Waals surface area (Å²) >= 11 is 6.05. The van der Waals surface area contributed by atoms with E-state index in [4.69, 9.17) is 16.3 Å². The van der Waals surface area contributed by atoms with Gasteiger partial charge in [-0.05, 0) is 29.7 Å². The summed E-state index contributed by atoms with van der Waals surface area (Å²) in [5.41, 5.74) is 2.13. The number of nitrogens with one attached hydrogen (secondary N) is 1. The molecule has 0 aliphatic carbocycles. The molecule has 0 bridgehead atoms. The molecule has 7 heteroatoms. The standard InChI is InChI=1S/C23H28ClN3O3/c24-21-9-4-8-20(16-21)17-26-12-14-27(15-13-26)22(28)10-5-11-25-23(29)30-18-19-6-2-1-3-7-19/h1-4,6-9,16H,5,10-15,17-18H2,(H,25,29). The molecule has 0 spiro atoms. The molecule has 6 nitrogen and oxygen atoms in total. The van der Waals surface area contributed by atoms with Gasteiger partial charge in [0, 0.05) is 50.7 Å². The third-order valence-electron chi connectivity index (χ3n) is 5.07. The van der Waals surface area contributed by atoms with Gasteiger partial charge in [0.15, 0.2) is 0 Å². The molecule has 2 aromatic carbocycles. The lowest BCUT2D eigenvalue weighted by atomic mass is 10.2. The first-order chi connectivity index (χ1) is 14.6. The Morgan fingerprint density at radius 3 is 2.43 bits per heavy atom. The molecule has 1 aliphatic rings. The minimum atomic E-state index is -0.457. The van der Waals surface area contributed by atoms with Crippen molar-refractivity contribution in [2.45, 2.75) is 26.0 Å². The van der Waals surface area contributed by atoms with E-state index in [1.165, 1.54) is 5.56 Å². The van der Waals surface area contributed by atoms with Crippen LogP contribution in [0.3, 0.4) is 0 Å². The molecular weight excluding hydrogens is 402 g/mol. The molecule has 1 fully saturated rings. The van der Waals surface area contributed by atoms with Gasteiger partial charge in [-0.25, -0.2) is 4.79 Å². The average molecular weight is 430 g/mol. The summed E-state index contributed by atoms with van der Waals surface area (Å²) in [7, 11) is 0. The van der Waals surface area contributed by atoms with E-state index < -0.39 is 6.09 Å². The van der Waals surface area contributed by atoms with Crippen molar-refractivity contribution in [1.29, 1.82) is 0 Å². The largest absolute Gasteiger partial charge is 0.445 e. The van der Waals surface area contributed by atoms with Crippen LogP contribution in [-0.4, -0.2) is 54.5 Å². The van der Waals surface area contributed by atoms with Crippen molar-refractivity contribution in [2.24, 2.45) is 0 Å². The monoisotopic (exact) mass is 429 g/mol. The van der Waals surface area contributed by atoms with Gasteiger partial charge in [-0.1, -0.05) is 54.1 Å². The van der Waals surface area contributed by atoms with Gasteiger partial charge in [0.1, 0.15) is 6.61 Å². The first-order valence-electron chi connectivity index (χ1n) is 10.3. The van der Waals surface area contributed by atoms with Gasteiger partial charge in [-0.2, -0.15) is 0 Å². The lowest BCUT2D eigenvalue weighted by molar-refractivity contribution is -0.133. The third kappa shape index (κ3) is 7.35. The number of nitrogens with zero attached hydrogens (tertiary/aromatic N) is 2. The minimum absolute atomic E-state index is 0.136. The number of hydrogen-bond donors (Lipinski definition) is 1. The summed E-state index contributed by atoms with van der Waals surface area (Å²) in [6.07, 6.45) is 0.566. The molecule has 0 atom stereocenters. The Labute approximate surface area is 182 Å². The number of ether oxygens (including phenoxy) is 1. The van der Waals surface area contributed by atoms with E-state index in [0.29, 0.717) is 19.4 Å². The lowest BCUT2D eigenvalue weighted by Gasteiger charge is -2.34. The van der Waals surface area contributed by atoms with Crippen LogP contribution in [0.4, 0.5) is 4.79 Å². The summed E-state index contributed by atoms with van der Waals surface area (Å²) < 4.78 is 5.16. The number of hydrogen-bond acceptors (Lipinski definition) is 4. The van der Waals surface area contributed by atoms with Crippen molar-refractivity contribution in [3.63, 3.8) is 0 Å². The van der Waals surface area contributed by atoms with Crippen LogP contribution in [0.25, 0.3) is 0 Å². The van der Waals surface area contributed by atoms with Crippen molar-refractivity contribution >= 4 is 23.6 Å². The van der Waals surface area contributed by atoms with E-state index in [1.807, 2.05) is 53.4 Å². The van der Waals surface area contributed by atoms with Gasteiger partial charge in [-0.3, -0.25) is 9.69 Å². The van der Waals surface area contributed by atoms with Gasteiger partial charge in [-0.15, -0.1) is 0 Å². The highest BCUT2D eigenvalue weighted by Crippen LogP contribution is 2.14. The van der Waals surface area contributed by atoms with Gasteiger partial charge in [0.05, 0.1) is 0 Å². The molecule has 1 aliphatic heterocycles. The van der Waals surface area contributed by atoms with Gasteiger partial charge >= 0.3 is 6.09 Å². The van der Waals surface area contributed by atoms with Gasteiger partial charge < -0.3 is 15.0 Å². The topological polar surface area (TPSA) is 61.9 Å². The van der Waals surface area contributed by atoms with Crippen LogP contribution in [0.1, 0.15) is 24.0 Å². The summed E-state index contributed by atoms with van der Waals surface area (Å²) in [6.45, 7) is 4.67. The van der Waals surface area contributed by atoms with E-state index in [1.54, 1.807) is 0 Å². The highest BCUT2D eigenvalue weighted by molar-refractivity contribution is 6.30. The fourth-order valence-electron chi connectivity index (χ4n) is 3.41. The Morgan fingerprint density at radius 1 is 0.967 bits per heavy atom. The number of amides is 2. The molecule has 1 saturated heterocycles. The fourth-order valence-corrected chi connectivity index (χ4v) is 3.62. The summed E-state index contributed by atoms with van der Waals surface area (Å²) in [5.74, 6) is 0.136. The number of carbonyl (C=O) groups is 2. The Hall–Kier alpha value is -2.57. The average Bonchev–Trinajstić information content (AvgIpc) is 2.76. The normalized spacial score (nSPS) is 14.4. The number of rotatable bonds is 8. The van der Waals surface area contributed by atoms with Crippen LogP contribution < -0.4 is 5.32 Å². The molecule has 2 amide bonds. The first kappa shape index (κ1) is 22.1. The second kappa shape index (κ2) is 11.6. The maximum absolute atomic E-state index is 12.4. The highest BCUT2D eigenvalue weighted by Gasteiger charge is 2.20. The molecule has 2 aromatic rings. The van der Waals surface area contributed by atoms with Crippen molar-refractivity contribution < 1.29 is 14.3 Å². The number of piperazine rings is 1. The number of benzene rings is 2.